The van der Waals surface area contributed by atoms with E-state index in [4.69, 9.17) is 17.0 Å². The number of benzene rings is 2. The Balaban J connectivity index is 1.81. The molecule has 1 atom stereocenters. The Morgan fingerprint density at radius 3 is 2.70 bits per heavy atom. The van der Waals surface area contributed by atoms with Gasteiger partial charge in [0, 0.05) is 5.69 Å². The molecule has 2 aromatic carbocycles. The first-order chi connectivity index (χ1) is 13.0. The maximum atomic E-state index is 12.7. The summed E-state index contributed by atoms with van der Waals surface area (Å²) in [6.07, 6.45) is -0.505. The van der Waals surface area contributed by atoms with E-state index < -0.39 is 6.17 Å². The van der Waals surface area contributed by atoms with E-state index in [1.807, 2.05) is 34.9 Å². The summed E-state index contributed by atoms with van der Waals surface area (Å²) in [4.78, 5) is 13.2. The monoisotopic (exact) mass is 463 g/mol. The Morgan fingerprint density at radius 2 is 2.00 bits per heavy atom. The van der Waals surface area contributed by atoms with Gasteiger partial charge in [-0.3, -0.25) is 9.36 Å². The third-order valence-electron chi connectivity index (χ3n) is 4.19. The largest absolute Gasteiger partial charge is 0.503 e. The first-order valence-electron chi connectivity index (χ1n) is 7.94. The number of ether oxygens (including phenoxy) is 1. The van der Waals surface area contributed by atoms with Gasteiger partial charge in [0.2, 0.25) is 0 Å². The Bertz CT molecular complexity index is 1100. The molecule has 4 rings (SSSR count). The second-order valence-electron chi connectivity index (χ2n) is 5.82. The van der Waals surface area contributed by atoms with Crippen molar-refractivity contribution in [3.63, 3.8) is 0 Å². The number of hydrogen-bond donors (Lipinski definition) is 3. The molecule has 0 saturated heterocycles. The highest BCUT2D eigenvalue weighted by Crippen LogP contribution is 2.39. The summed E-state index contributed by atoms with van der Waals surface area (Å²) < 4.78 is 8.12. The molecule has 3 aromatic rings. The fourth-order valence-corrected chi connectivity index (χ4v) is 4.69. The molecule has 0 aliphatic carbocycles. The second-order valence-corrected chi connectivity index (χ2v) is 8.32. The Kier molecular flexibility index (Phi) is 4.67. The second kappa shape index (κ2) is 6.99. The van der Waals surface area contributed by atoms with Crippen molar-refractivity contribution in [3.8, 4) is 17.2 Å². The average molecular weight is 464 g/mol. The van der Waals surface area contributed by atoms with Crippen LogP contribution in [0.2, 0.25) is 0 Å². The van der Waals surface area contributed by atoms with Crippen LogP contribution in [0.25, 0.3) is 5.69 Å². The number of nitrogens with zero attached hydrogens (tertiary/aromatic N) is 1. The number of aromatic hydroxyl groups is 1. The average Bonchev–Trinajstić information content (AvgIpc) is 3.01. The highest BCUT2D eigenvalue weighted by atomic mass is 79.9. The summed E-state index contributed by atoms with van der Waals surface area (Å²) in [7, 11) is 1.47. The lowest BCUT2D eigenvalue weighted by atomic mass is 10.1. The summed E-state index contributed by atoms with van der Waals surface area (Å²) in [6.45, 7) is 0. The van der Waals surface area contributed by atoms with Gasteiger partial charge >= 0.3 is 0 Å². The minimum Gasteiger partial charge on any atom is -0.503 e. The van der Waals surface area contributed by atoms with Crippen LogP contribution >= 0.6 is 39.5 Å². The third-order valence-corrected chi connectivity index (χ3v) is 6.17. The first kappa shape index (κ1) is 18.0. The standard InChI is InChI=1S/C18H14BrN3O3S2/c1-25-12-8-9(7-11(19)13(12)23)15-20-16-14(17(24)21-15)27-18(26)22(16)10-5-3-2-4-6-10/h2-8,15,20,23H,1H3,(H,21,24)/t15-/m0/s1. The SMILES string of the molecule is COc1cc([C@@H]2NC(=O)c3sc(=S)n(-c4ccccc4)c3N2)cc(Br)c1O. The van der Waals surface area contributed by atoms with Gasteiger partial charge in [0.15, 0.2) is 15.5 Å². The molecule has 1 aliphatic rings. The number of amides is 1. The number of anilines is 1. The zero-order valence-corrected chi connectivity index (χ0v) is 17.2. The summed E-state index contributed by atoms with van der Waals surface area (Å²) in [5, 5.41) is 16.3. The lowest BCUT2D eigenvalue weighted by Crippen LogP contribution is -2.38. The predicted molar refractivity (Wildman–Crippen MR) is 111 cm³/mol. The van der Waals surface area contributed by atoms with E-state index in [9.17, 15) is 9.90 Å². The number of halogens is 1. The van der Waals surface area contributed by atoms with Gasteiger partial charge in [0.05, 0.1) is 11.6 Å². The quantitative estimate of drug-likeness (QED) is 0.494. The normalized spacial score (nSPS) is 15.6. The van der Waals surface area contributed by atoms with E-state index in [1.54, 1.807) is 12.1 Å². The van der Waals surface area contributed by atoms with Crippen LogP contribution in [-0.2, 0) is 0 Å². The van der Waals surface area contributed by atoms with Crippen molar-refractivity contribution >= 4 is 51.2 Å². The third kappa shape index (κ3) is 3.11. The van der Waals surface area contributed by atoms with Gasteiger partial charge in [0.25, 0.3) is 5.91 Å². The minimum atomic E-state index is -0.505. The number of carbonyl (C=O) groups is 1. The summed E-state index contributed by atoms with van der Waals surface area (Å²) in [5.41, 5.74) is 1.61. The van der Waals surface area contributed by atoms with Gasteiger partial charge in [0.1, 0.15) is 16.9 Å². The number of nitrogens with one attached hydrogen (secondary N) is 2. The number of hydrogen-bond acceptors (Lipinski definition) is 6. The maximum Gasteiger partial charge on any atom is 0.267 e. The number of methoxy groups -OCH3 is 1. The van der Waals surface area contributed by atoms with Crippen molar-refractivity contribution in [1.82, 2.24) is 9.88 Å². The Morgan fingerprint density at radius 1 is 1.26 bits per heavy atom. The highest BCUT2D eigenvalue weighted by Gasteiger charge is 2.30. The fourth-order valence-electron chi connectivity index (χ4n) is 2.92. The van der Waals surface area contributed by atoms with E-state index >= 15 is 0 Å². The van der Waals surface area contributed by atoms with Gasteiger partial charge in [-0.1, -0.05) is 29.5 Å². The van der Waals surface area contributed by atoms with Gasteiger partial charge in [-0.25, -0.2) is 0 Å². The molecule has 138 valence electrons. The number of phenolic OH excluding ortho intramolecular Hbond substituents is 1. The zero-order valence-electron chi connectivity index (χ0n) is 14.0. The molecule has 3 N–H and O–H groups in total. The highest BCUT2D eigenvalue weighted by molar-refractivity contribution is 9.10. The molecule has 0 radical (unpaired) electrons. The van der Waals surface area contributed by atoms with Gasteiger partial charge in [-0.05, 0) is 58.0 Å². The number of aromatic nitrogens is 1. The van der Waals surface area contributed by atoms with Gasteiger partial charge < -0.3 is 20.5 Å². The van der Waals surface area contributed by atoms with Crippen LogP contribution < -0.4 is 15.4 Å². The lowest BCUT2D eigenvalue weighted by Gasteiger charge is -2.27. The molecule has 1 amide bonds. The Labute approximate surface area is 172 Å². The molecule has 9 heteroatoms. The molecule has 0 saturated carbocycles. The Hall–Kier alpha value is -2.36. The lowest BCUT2D eigenvalue weighted by molar-refractivity contribution is 0.0939. The van der Waals surface area contributed by atoms with Crippen molar-refractivity contribution < 1.29 is 14.6 Å². The van der Waals surface area contributed by atoms with E-state index in [-0.39, 0.29) is 11.7 Å². The van der Waals surface area contributed by atoms with Gasteiger partial charge in [-0.15, -0.1) is 0 Å². The van der Waals surface area contributed by atoms with E-state index in [2.05, 4.69) is 26.6 Å². The zero-order chi connectivity index (χ0) is 19.1. The molecule has 1 aliphatic heterocycles. The summed E-state index contributed by atoms with van der Waals surface area (Å²) >= 11 is 10.1. The molecule has 0 fully saturated rings. The number of rotatable bonds is 3. The molecular formula is C18H14BrN3O3S2. The van der Waals surface area contributed by atoms with Crippen LogP contribution in [0.4, 0.5) is 5.82 Å². The van der Waals surface area contributed by atoms with Gasteiger partial charge in [-0.2, -0.15) is 0 Å². The van der Waals surface area contributed by atoms with Crippen LogP contribution in [-0.4, -0.2) is 22.7 Å². The number of phenols is 1. The fraction of sp³-hybridized carbons (Fsp3) is 0.111. The molecule has 27 heavy (non-hydrogen) atoms. The van der Waals surface area contributed by atoms with Crippen LogP contribution in [0.5, 0.6) is 11.5 Å². The molecular weight excluding hydrogens is 450 g/mol. The van der Waals surface area contributed by atoms with E-state index in [0.717, 1.165) is 11.3 Å². The first-order valence-corrected chi connectivity index (χ1v) is 9.96. The number of thiazole rings is 1. The molecule has 0 bridgehead atoms. The maximum absolute atomic E-state index is 12.7. The van der Waals surface area contributed by atoms with Crippen molar-refractivity contribution in [2.75, 3.05) is 12.4 Å². The predicted octanol–water partition coefficient (Wildman–Crippen LogP) is 4.60. The molecule has 0 spiro atoms. The molecule has 0 unspecified atom stereocenters. The number of para-hydroxylation sites is 1. The topological polar surface area (TPSA) is 75.5 Å². The minimum absolute atomic E-state index is 0.00630. The van der Waals surface area contributed by atoms with Crippen LogP contribution in [0.1, 0.15) is 21.4 Å². The van der Waals surface area contributed by atoms with Crippen LogP contribution in [0.15, 0.2) is 46.9 Å². The molecule has 1 aromatic heterocycles. The van der Waals surface area contributed by atoms with Crippen molar-refractivity contribution in [3.05, 3.63) is 61.3 Å². The number of fused-ring (bicyclic) bond motifs is 1. The van der Waals surface area contributed by atoms with Crippen LogP contribution in [0, 0.1) is 3.95 Å². The van der Waals surface area contributed by atoms with Crippen molar-refractivity contribution in [1.29, 1.82) is 0 Å². The van der Waals surface area contributed by atoms with E-state index in [0.29, 0.717) is 24.9 Å². The van der Waals surface area contributed by atoms with Crippen LogP contribution in [0.3, 0.4) is 0 Å². The van der Waals surface area contributed by atoms with E-state index in [1.165, 1.54) is 18.4 Å². The van der Waals surface area contributed by atoms with Crippen molar-refractivity contribution in [2.24, 2.45) is 0 Å². The molecule has 6 nitrogen and oxygen atoms in total. The smallest absolute Gasteiger partial charge is 0.267 e. The molecule has 2 heterocycles. The van der Waals surface area contributed by atoms with Crippen molar-refractivity contribution in [2.45, 2.75) is 6.17 Å². The summed E-state index contributed by atoms with van der Waals surface area (Å²) in [5.74, 6) is 0.758. The summed E-state index contributed by atoms with van der Waals surface area (Å²) in [6, 6.07) is 13.0. The number of carbonyl (C=O) groups excluding carboxylic acids is 1.